The third-order valence-corrected chi connectivity index (χ3v) is 2.13. The highest BCUT2D eigenvalue weighted by atomic mass is 32.2. The van der Waals surface area contributed by atoms with Crippen LogP contribution in [-0.2, 0) is 0 Å². The van der Waals surface area contributed by atoms with Crippen molar-refractivity contribution in [1.82, 2.24) is 14.8 Å². The molecular formula is C6H7N4S+. The van der Waals surface area contributed by atoms with Crippen LogP contribution < -0.4 is 10.3 Å². The fraction of sp³-hybridized carbons (Fsp3) is 0. The molecule has 0 amide bonds. The Morgan fingerprint density at radius 3 is 3.18 bits per heavy atom. The van der Waals surface area contributed by atoms with Gasteiger partial charge in [-0.05, 0) is 6.07 Å². The number of nitrogens with zero attached hydrogens (tertiary/aromatic N) is 2. The highest BCUT2D eigenvalue weighted by Crippen LogP contribution is 2.21. The maximum absolute atomic E-state index is 4.10. The molecule has 0 fully saturated rings. The van der Waals surface area contributed by atoms with Gasteiger partial charge in [0.2, 0.25) is 0 Å². The fourth-order valence-electron chi connectivity index (χ4n) is 0.815. The molecule has 0 unspecified atom stereocenters. The number of nitrogens with two attached hydrogens (primary N) is 1. The zero-order valence-corrected chi connectivity index (χ0v) is 6.51. The Balaban J connectivity index is 2.29. The molecule has 2 rings (SSSR count). The lowest BCUT2D eigenvalue weighted by Crippen LogP contribution is -2.83. The molecule has 56 valence electrons. The molecule has 2 heterocycles. The summed E-state index contributed by atoms with van der Waals surface area (Å²) in [6.07, 6.45) is 5.28. The van der Waals surface area contributed by atoms with Gasteiger partial charge in [0, 0.05) is 18.1 Å². The van der Waals surface area contributed by atoms with E-state index in [0.29, 0.717) is 0 Å². The minimum atomic E-state index is 0.964. The minimum Gasteiger partial charge on any atom is -0.245 e. The van der Waals surface area contributed by atoms with Gasteiger partial charge in [0.1, 0.15) is 17.4 Å². The predicted octanol–water partition coefficient (Wildman–Crippen LogP) is -0.495. The average molecular weight is 167 g/mol. The topological polar surface area (TPSA) is 54.4 Å². The van der Waals surface area contributed by atoms with E-state index >= 15 is 0 Å². The zero-order valence-electron chi connectivity index (χ0n) is 5.69. The highest BCUT2D eigenvalue weighted by Gasteiger charge is 2.11. The maximum atomic E-state index is 4.10. The number of hydrogen-bond acceptors (Lipinski definition) is 4. The Hall–Kier alpha value is -0.910. The molecule has 1 aromatic heterocycles. The summed E-state index contributed by atoms with van der Waals surface area (Å²) >= 11 is 1.56. The Morgan fingerprint density at radius 1 is 1.55 bits per heavy atom. The SMILES string of the molecule is C1=C(c2ccncn2)SN[NH2+]1. The van der Waals surface area contributed by atoms with Crippen molar-refractivity contribution in [2.24, 2.45) is 0 Å². The van der Waals surface area contributed by atoms with Gasteiger partial charge in [-0.2, -0.15) is 0 Å². The van der Waals surface area contributed by atoms with Crippen molar-refractivity contribution in [3.63, 3.8) is 0 Å². The van der Waals surface area contributed by atoms with Crippen LogP contribution in [0.1, 0.15) is 5.69 Å². The molecule has 0 atom stereocenters. The van der Waals surface area contributed by atoms with E-state index in [1.165, 1.54) is 0 Å². The van der Waals surface area contributed by atoms with E-state index in [4.69, 9.17) is 0 Å². The molecule has 0 radical (unpaired) electrons. The second-order valence-electron chi connectivity index (χ2n) is 2.01. The molecule has 0 saturated heterocycles. The Labute approximate surface area is 68.2 Å². The first-order valence-corrected chi connectivity index (χ1v) is 4.01. The van der Waals surface area contributed by atoms with Gasteiger partial charge in [-0.3, -0.25) is 0 Å². The van der Waals surface area contributed by atoms with Gasteiger partial charge in [-0.15, -0.1) is 4.83 Å². The lowest BCUT2D eigenvalue weighted by molar-refractivity contribution is -0.620. The van der Waals surface area contributed by atoms with Crippen LogP contribution in [0.25, 0.3) is 4.91 Å². The van der Waals surface area contributed by atoms with Gasteiger partial charge in [-0.1, -0.05) is 0 Å². The summed E-state index contributed by atoms with van der Waals surface area (Å²) < 4.78 is 0. The largest absolute Gasteiger partial charge is 0.245 e. The molecule has 1 aliphatic rings. The summed E-state index contributed by atoms with van der Waals surface area (Å²) in [7, 11) is 0. The van der Waals surface area contributed by atoms with E-state index in [9.17, 15) is 0 Å². The molecule has 3 N–H and O–H groups in total. The molecule has 0 bridgehead atoms. The van der Waals surface area contributed by atoms with Gasteiger partial charge in [0.05, 0.1) is 5.69 Å². The average Bonchev–Trinajstić information content (AvgIpc) is 2.58. The first kappa shape index (κ1) is 6.78. The lowest BCUT2D eigenvalue weighted by atomic mass is 10.4. The zero-order chi connectivity index (χ0) is 7.52. The number of hydrogen-bond donors (Lipinski definition) is 2. The number of quaternary nitrogens is 1. The standard InChI is InChI=1S/C6H6N4S/c1-2-7-4-8-5(1)6-3-9-10-11-6/h1-4,9-10H/p+1. The maximum Gasteiger partial charge on any atom is 0.130 e. The van der Waals surface area contributed by atoms with E-state index in [1.54, 1.807) is 24.5 Å². The van der Waals surface area contributed by atoms with Crippen molar-refractivity contribution in [1.29, 1.82) is 0 Å². The second kappa shape index (κ2) is 3.00. The van der Waals surface area contributed by atoms with E-state index in [0.717, 1.165) is 10.6 Å². The highest BCUT2D eigenvalue weighted by molar-refractivity contribution is 8.06. The van der Waals surface area contributed by atoms with Gasteiger partial charge in [0.25, 0.3) is 0 Å². The Bertz CT molecular complexity index is 271. The first-order chi connectivity index (χ1) is 5.47. The van der Waals surface area contributed by atoms with Crippen molar-refractivity contribution >= 4 is 16.9 Å². The third kappa shape index (κ3) is 1.40. The summed E-state index contributed by atoms with van der Waals surface area (Å²) in [4.78, 5) is 12.1. The third-order valence-electron chi connectivity index (χ3n) is 1.31. The summed E-state index contributed by atoms with van der Waals surface area (Å²) in [5.41, 5.74) is 2.86. The molecule has 1 aromatic rings. The van der Waals surface area contributed by atoms with E-state index in [2.05, 4.69) is 14.8 Å². The first-order valence-electron chi connectivity index (χ1n) is 3.19. The van der Waals surface area contributed by atoms with Gasteiger partial charge < -0.3 is 0 Å². The van der Waals surface area contributed by atoms with Crippen LogP contribution in [0.2, 0.25) is 0 Å². The van der Waals surface area contributed by atoms with E-state index in [-0.39, 0.29) is 0 Å². The van der Waals surface area contributed by atoms with Gasteiger partial charge in [0.15, 0.2) is 0 Å². The molecule has 11 heavy (non-hydrogen) atoms. The molecular weight excluding hydrogens is 160 g/mol. The lowest BCUT2D eigenvalue weighted by Gasteiger charge is -1.92. The van der Waals surface area contributed by atoms with Crippen molar-refractivity contribution in [2.45, 2.75) is 0 Å². The predicted molar refractivity (Wildman–Crippen MR) is 42.7 cm³/mol. The van der Waals surface area contributed by atoms with Crippen LogP contribution in [0.3, 0.4) is 0 Å². The molecule has 0 saturated carbocycles. The summed E-state index contributed by atoms with van der Waals surface area (Å²) in [6, 6.07) is 1.89. The van der Waals surface area contributed by atoms with Crippen LogP contribution in [0.15, 0.2) is 24.8 Å². The van der Waals surface area contributed by atoms with Crippen LogP contribution in [0.4, 0.5) is 0 Å². The van der Waals surface area contributed by atoms with Crippen LogP contribution in [0, 0.1) is 0 Å². The van der Waals surface area contributed by atoms with Gasteiger partial charge in [-0.25, -0.2) is 15.4 Å². The molecule has 5 heteroatoms. The van der Waals surface area contributed by atoms with E-state index < -0.39 is 0 Å². The van der Waals surface area contributed by atoms with Crippen LogP contribution in [-0.4, -0.2) is 9.97 Å². The molecule has 0 aliphatic carbocycles. The number of rotatable bonds is 1. The van der Waals surface area contributed by atoms with Crippen molar-refractivity contribution in [2.75, 3.05) is 0 Å². The smallest absolute Gasteiger partial charge is 0.130 e. The van der Waals surface area contributed by atoms with Crippen molar-refractivity contribution in [3.8, 4) is 0 Å². The van der Waals surface area contributed by atoms with E-state index in [1.807, 2.05) is 17.7 Å². The monoisotopic (exact) mass is 167 g/mol. The molecule has 4 nitrogen and oxygen atoms in total. The quantitative estimate of drug-likeness (QED) is 0.437. The Morgan fingerprint density at radius 2 is 2.55 bits per heavy atom. The summed E-state index contributed by atoms with van der Waals surface area (Å²) in [6.45, 7) is 0. The molecule has 1 aliphatic heterocycles. The fourth-order valence-corrected chi connectivity index (χ4v) is 1.44. The second-order valence-corrected chi connectivity index (χ2v) is 2.89. The van der Waals surface area contributed by atoms with Crippen LogP contribution in [0.5, 0.6) is 0 Å². The summed E-state index contributed by atoms with van der Waals surface area (Å²) in [5, 5.41) is 0. The van der Waals surface area contributed by atoms with Crippen molar-refractivity contribution < 1.29 is 5.43 Å². The minimum absolute atomic E-state index is 0.964. The molecule has 0 aromatic carbocycles. The molecule has 0 spiro atoms. The number of nitrogens with one attached hydrogen (secondary N) is 1. The van der Waals surface area contributed by atoms with Crippen LogP contribution >= 0.6 is 11.9 Å². The summed E-state index contributed by atoms with van der Waals surface area (Å²) in [5.74, 6) is 0. The van der Waals surface area contributed by atoms with Gasteiger partial charge >= 0.3 is 0 Å². The normalized spacial score (nSPS) is 16.5. The number of aromatic nitrogens is 2. The Kier molecular flexibility index (Phi) is 1.85. The van der Waals surface area contributed by atoms with Crippen molar-refractivity contribution in [3.05, 3.63) is 30.5 Å².